The van der Waals surface area contributed by atoms with Crippen LogP contribution in [0.25, 0.3) is 0 Å². The van der Waals surface area contributed by atoms with Crippen molar-refractivity contribution in [3.63, 3.8) is 0 Å². The second-order valence-corrected chi connectivity index (χ2v) is 2.69. The molecule has 0 aliphatic heterocycles. The van der Waals surface area contributed by atoms with Crippen molar-refractivity contribution < 1.29 is 13.9 Å². The Balaban J connectivity index is 3.20. The first-order valence-corrected chi connectivity index (χ1v) is 3.71. The van der Waals surface area contributed by atoms with E-state index >= 15 is 0 Å². The summed E-state index contributed by atoms with van der Waals surface area (Å²) in [5.74, 6) is -0.218. The largest absolute Gasteiger partial charge is 0.390 e. The van der Waals surface area contributed by atoms with Crippen molar-refractivity contribution in [3.05, 3.63) is 22.9 Å². The summed E-state index contributed by atoms with van der Waals surface area (Å²) in [5, 5.41) is 8.77. The van der Waals surface area contributed by atoms with E-state index in [9.17, 15) is 8.78 Å². The van der Waals surface area contributed by atoms with E-state index < -0.39 is 6.43 Å². The highest BCUT2D eigenvalue weighted by Gasteiger charge is 2.14. The predicted octanol–water partition coefficient (Wildman–Crippen LogP) is 1.40. The molecule has 0 aliphatic rings. The van der Waals surface area contributed by atoms with Crippen molar-refractivity contribution >= 4 is 5.82 Å². The molecule has 0 unspecified atom stereocenters. The van der Waals surface area contributed by atoms with E-state index in [2.05, 4.69) is 4.98 Å². The molecule has 13 heavy (non-hydrogen) atoms. The molecule has 1 heterocycles. The molecule has 0 amide bonds. The topological polar surface area (TPSA) is 59.1 Å². The van der Waals surface area contributed by atoms with Gasteiger partial charge in [-0.05, 0) is 18.6 Å². The van der Waals surface area contributed by atoms with Gasteiger partial charge >= 0.3 is 0 Å². The number of rotatable bonds is 2. The fraction of sp³-hybridized carbons (Fsp3) is 0.375. The molecule has 0 saturated heterocycles. The molecular weight excluding hydrogens is 178 g/mol. The van der Waals surface area contributed by atoms with Gasteiger partial charge in [0.2, 0.25) is 0 Å². The fourth-order valence-corrected chi connectivity index (χ4v) is 1.02. The summed E-state index contributed by atoms with van der Waals surface area (Å²) in [6, 6.07) is 1.25. The third kappa shape index (κ3) is 1.92. The van der Waals surface area contributed by atoms with E-state index in [1.54, 1.807) is 6.92 Å². The maximum absolute atomic E-state index is 12.3. The van der Waals surface area contributed by atoms with Crippen LogP contribution in [0.2, 0.25) is 0 Å². The highest BCUT2D eigenvalue weighted by atomic mass is 19.3. The second kappa shape index (κ2) is 3.66. The summed E-state index contributed by atoms with van der Waals surface area (Å²) in [7, 11) is 0. The number of aryl methyl sites for hydroxylation is 1. The van der Waals surface area contributed by atoms with Crippen molar-refractivity contribution in [2.24, 2.45) is 0 Å². The molecule has 0 saturated carbocycles. The number of nitrogens with two attached hydrogens (primary N) is 1. The smallest absolute Gasteiger partial charge is 0.267 e. The summed E-state index contributed by atoms with van der Waals surface area (Å²) in [6.45, 7) is 1.31. The molecule has 0 aliphatic carbocycles. The van der Waals surface area contributed by atoms with E-state index in [1.807, 2.05) is 0 Å². The minimum Gasteiger partial charge on any atom is -0.390 e. The van der Waals surface area contributed by atoms with Crippen LogP contribution in [-0.2, 0) is 6.61 Å². The lowest BCUT2D eigenvalue weighted by Gasteiger charge is -2.08. The Kier molecular flexibility index (Phi) is 2.77. The Bertz CT molecular complexity index is 315. The van der Waals surface area contributed by atoms with Gasteiger partial charge in [-0.25, -0.2) is 13.8 Å². The average molecular weight is 188 g/mol. The van der Waals surface area contributed by atoms with Gasteiger partial charge in [-0.3, -0.25) is 0 Å². The predicted molar refractivity (Wildman–Crippen MR) is 44.3 cm³/mol. The molecule has 3 N–H and O–H groups in total. The molecule has 0 atom stereocenters. The number of alkyl halides is 2. The molecular formula is C8H10F2N2O. The first kappa shape index (κ1) is 9.85. The van der Waals surface area contributed by atoms with E-state index in [1.165, 1.54) is 6.07 Å². The minimum absolute atomic E-state index is 0.218. The number of aliphatic hydroxyl groups excluding tert-OH is 1. The highest BCUT2D eigenvalue weighted by Crippen LogP contribution is 2.25. The molecule has 0 bridgehead atoms. The van der Waals surface area contributed by atoms with Gasteiger partial charge < -0.3 is 10.8 Å². The number of aromatic nitrogens is 1. The van der Waals surface area contributed by atoms with E-state index in [4.69, 9.17) is 10.8 Å². The quantitative estimate of drug-likeness (QED) is 0.737. The molecule has 1 rings (SSSR count). The van der Waals surface area contributed by atoms with Gasteiger partial charge in [-0.2, -0.15) is 0 Å². The Morgan fingerprint density at radius 1 is 1.62 bits per heavy atom. The van der Waals surface area contributed by atoms with E-state index in [0.29, 0.717) is 11.3 Å². The number of hydrogen-bond donors (Lipinski definition) is 2. The number of aliphatic hydroxyl groups is 1. The van der Waals surface area contributed by atoms with Crippen LogP contribution in [-0.4, -0.2) is 10.1 Å². The van der Waals surface area contributed by atoms with Crippen LogP contribution in [0.5, 0.6) is 0 Å². The molecule has 0 spiro atoms. The number of nitrogens with zero attached hydrogens (tertiary/aromatic N) is 1. The van der Waals surface area contributed by atoms with Crippen LogP contribution >= 0.6 is 0 Å². The number of hydrogen-bond acceptors (Lipinski definition) is 3. The summed E-state index contributed by atoms with van der Waals surface area (Å²) >= 11 is 0. The maximum atomic E-state index is 12.3. The van der Waals surface area contributed by atoms with Crippen molar-refractivity contribution in [1.82, 2.24) is 4.98 Å². The normalized spacial score (nSPS) is 10.8. The Labute approximate surface area is 74.2 Å². The van der Waals surface area contributed by atoms with Crippen LogP contribution in [0.3, 0.4) is 0 Å². The molecule has 1 aromatic rings. The van der Waals surface area contributed by atoms with Crippen LogP contribution in [0, 0.1) is 6.92 Å². The lowest BCUT2D eigenvalue weighted by atomic mass is 10.1. The molecule has 1 aromatic heterocycles. The molecule has 72 valence electrons. The second-order valence-electron chi connectivity index (χ2n) is 2.69. The zero-order valence-electron chi connectivity index (χ0n) is 7.09. The first-order chi connectivity index (χ1) is 6.06. The molecule has 0 fully saturated rings. The number of halogens is 2. The van der Waals surface area contributed by atoms with Crippen molar-refractivity contribution in [3.8, 4) is 0 Å². The third-order valence-electron chi connectivity index (χ3n) is 1.76. The van der Waals surface area contributed by atoms with Crippen LogP contribution in [0.15, 0.2) is 6.07 Å². The van der Waals surface area contributed by atoms with Gasteiger partial charge in [0, 0.05) is 0 Å². The van der Waals surface area contributed by atoms with Crippen molar-refractivity contribution in [1.29, 1.82) is 0 Å². The Hall–Kier alpha value is -1.23. The van der Waals surface area contributed by atoms with Crippen LogP contribution < -0.4 is 5.73 Å². The van der Waals surface area contributed by atoms with Gasteiger partial charge in [-0.15, -0.1) is 0 Å². The lowest BCUT2D eigenvalue weighted by molar-refractivity contribution is 0.151. The number of pyridine rings is 1. The minimum atomic E-state index is -2.63. The lowest BCUT2D eigenvalue weighted by Crippen LogP contribution is -2.04. The standard InChI is InChI=1S/C8H10F2N2O/c1-4-2-5(7(9)10)8(11)12-6(4)3-13/h2,7,13H,3H2,1H3,(H2,11,12). The van der Waals surface area contributed by atoms with Gasteiger partial charge in [0.15, 0.2) is 0 Å². The summed E-state index contributed by atoms with van der Waals surface area (Å²) in [6.07, 6.45) is -2.63. The first-order valence-electron chi connectivity index (χ1n) is 3.71. The summed E-state index contributed by atoms with van der Waals surface area (Å²) < 4.78 is 24.5. The van der Waals surface area contributed by atoms with E-state index in [0.717, 1.165) is 0 Å². The van der Waals surface area contributed by atoms with Gasteiger partial charge in [0.25, 0.3) is 6.43 Å². The Morgan fingerprint density at radius 3 is 2.69 bits per heavy atom. The highest BCUT2D eigenvalue weighted by molar-refractivity contribution is 5.44. The molecule has 0 radical (unpaired) electrons. The average Bonchev–Trinajstić information content (AvgIpc) is 2.07. The maximum Gasteiger partial charge on any atom is 0.267 e. The summed E-state index contributed by atoms with van der Waals surface area (Å²) in [5.41, 5.74) is 5.84. The van der Waals surface area contributed by atoms with Gasteiger partial charge in [0.05, 0.1) is 17.9 Å². The third-order valence-corrected chi connectivity index (χ3v) is 1.76. The molecule has 3 nitrogen and oxygen atoms in total. The number of nitrogen functional groups attached to an aromatic ring is 1. The Morgan fingerprint density at radius 2 is 2.23 bits per heavy atom. The number of anilines is 1. The summed E-state index contributed by atoms with van der Waals surface area (Å²) in [4.78, 5) is 3.66. The zero-order valence-corrected chi connectivity index (χ0v) is 7.09. The molecule has 0 aromatic carbocycles. The van der Waals surface area contributed by atoms with Crippen LogP contribution in [0.1, 0.15) is 23.2 Å². The van der Waals surface area contributed by atoms with Crippen molar-refractivity contribution in [2.75, 3.05) is 5.73 Å². The van der Waals surface area contributed by atoms with E-state index in [-0.39, 0.29) is 18.0 Å². The van der Waals surface area contributed by atoms with Gasteiger partial charge in [-0.1, -0.05) is 0 Å². The zero-order chi connectivity index (χ0) is 10.0. The monoisotopic (exact) mass is 188 g/mol. The van der Waals surface area contributed by atoms with Gasteiger partial charge in [0.1, 0.15) is 5.82 Å². The SMILES string of the molecule is Cc1cc(C(F)F)c(N)nc1CO. The molecule has 5 heteroatoms. The fourth-order valence-electron chi connectivity index (χ4n) is 1.02. The van der Waals surface area contributed by atoms with Crippen LogP contribution in [0.4, 0.5) is 14.6 Å². The van der Waals surface area contributed by atoms with Crippen molar-refractivity contribution in [2.45, 2.75) is 20.0 Å².